The van der Waals surface area contributed by atoms with Gasteiger partial charge in [-0.25, -0.2) is 4.39 Å². The van der Waals surface area contributed by atoms with Gasteiger partial charge in [0, 0.05) is 11.6 Å². The van der Waals surface area contributed by atoms with Crippen molar-refractivity contribution in [3.8, 4) is 11.5 Å². The zero-order valence-corrected chi connectivity index (χ0v) is 15.3. The van der Waals surface area contributed by atoms with Gasteiger partial charge in [0.2, 0.25) is 0 Å². The van der Waals surface area contributed by atoms with Crippen LogP contribution in [-0.2, 0) is 22.3 Å². The summed E-state index contributed by atoms with van der Waals surface area (Å²) in [5, 5.41) is 3.81. The first-order valence-corrected chi connectivity index (χ1v) is 8.70. The molecular formula is C18H19F4N3O3. The Hall–Kier alpha value is -2.49. The van der Waals surface area contributed by atoms with Crippen LogP contribution >= 0.6 is 0 Å². The molecule has 152 valence electrons. The van der Waals surface area contributed by atoms with Gasteiger partial charge in [0.1, 0.15) is 5.82 Å². The van der Waals surface area contributed by atoms with Crippen molar-refractivity contribution in [2.24, 2.45) is 5.92 Å². The molecule has 0 aliphatic carbocycles. The van der Waals surface area contributed by atoms with Gasteiger partial charge in [-0.3, -0.25) is 9.69 Å². The van der Waals surface area contributed by atoms with Gasteiger partial charge in [0.15, 0.2) is 5.82 Å². The van der Waals surface area contributed by atoms with Crippen LogP contribution in [0, 0.1) is 11.7 Å². The lowest BCUT2D eigenvalue weighted by Gasteiger charge is -2.35. The number of nitrogens with zero attached hydrogens (tertiary/aromatic N) is 3. The Morgan fingerprint density at radius 2 is 2.14 bits per heavy atom. The molecule has 1 aliphatic heterocycles. The highest BCUT2D eigenvalue weighted by atomic mass is 19.4. The topological polar surface area (TPSA) is 68.5 Å². The van der Waals surface area contributed by atoms with E-state index < -0.39 is 17.6 Å². The fourth-order valence-corrected chi connectivity index (χ4v) is 3.33. The second-order valence-electron chi connectivity index (χ2n) is 6.77. The first kappa shape index (κ1) is 20.2. The van der Waals surface area contributed by atoms with Crippen molar-refractivity contribution >= 4 is 5.97 Å². The zero-order valence-electron chi connectivity index (χ0n) is 15.3. The lowest BCUT2D eigenvalue weighted by atomic mass is 9.92. The molecule has 10 heteroatoms. The SMILES string of the molecule is COC(=O)C1CCN(Cc2noc(-c3ccc(F)c(C(F)(F)F)c3)n2)C(C)C1. The summed E-state index contributed by atoms with van der Waals surface area (Å²) in [4.78, 5) is 17.9. The fourth-order valence-electron chi connectivity index (χ4n) is 3.33. The van der Waals surface area contributed by atoms with E-state index in [4.69, 9.17) is 9.26 Å². The van der Waals surface area contributed by atoms with Crippen LogP contribution in [0.1, 0.15) is 31.2 Å². The molecule has 1 fully saturated rings. The molecule has 2 atom stereocenters. The lowest BCUT2D eigenvalue weighted by Crippen LogP contribution is -2.42. The number of alkyl halides is 3. The molecule has 28 heavy (non-hydrogen) atoms. The molecule has 2 unspecified atom stereocenters. The van der Waals surface area contributed by atoms with E-state index in [2.05, 4.69) is 15.0 Å². The minimum absolute atomic E-state index is 0.00933. The predicted octanol–water partition coefficient (Wildman–Crippen LogP) is 3.67. The summed E-state index contributed by atoms with van der Waals surface area (Å²) in [6, 6.07) is 2.60. The molecule has 1 aromatic heterocycles. The van der Waals surface area contributed by atoms with Crippen molar-refractivity contribution in [3.05, 3.63) is 35.4 Å². The number of hydrogen-bond acceptors (Lipinski definition) is 6. The number of aromatic nitrogens is 2. The molecule has 1 aromatic carbocycles. The summed E-state index contributed by atoms with van der Waals surface area (Å²) in [5.74, 6) is -1.56. The van der Waals surface area contributed by atoms with Gasteiger partial charge in [0.05, 0.1) is 25.1 Å². The smallest absolute Gasteiger partial charge is 0.419 e. The summed E-state index contributed by atoms with van der Waals surface area (Å²) in [5.41, 5.74) is -1.40. The van der Waals surface area contributed by atoms with Crippen LogP contribution in [-0.4, -0.2) is 40.7 Å². The van der Waals surface area contributed by atoms with Gasteiger partial charge in [-0.1, -0.05) is 5.16 Å². The summed E-state index contributed by atoms with van der Waals surface area (Å²) in [6.45, 7) is 2.91. The molecule has 1 aliphatic rings. The molecule has 3 rings (SSSR count). The largest absolute Gasteiger partial charge is 0.469 e. The van der Waals surface area contributed by atoms with Crippen LogP contribution in [0.5, 0.6) is 0 Å². The third-order valence-corrected chi connectivity index (χ3v) is 4.88. The van der Waals surface area contributed by atoms with Crippen molar-refractivity contribution in [1.29, 1.82) is 0 Å². The van der Waals surface area contributed by atoms with Crippen LogP contribution in [0.2, 0.25) is 0 Å². The number of piperidine rings is 1. The van der Waals surface area contributed by atoms with E-state index in [-0.39, 0.29) is 29.4 Å². The van der Waals surface area contributed by atoms with Crippen molar-refractivity contribution in [3.63, 3.8) is 0 Å². The monoisotopic (exact) mass is 401 g/mol. The summed E-state index contributed by atoms with van der Waals surface area (Å²) >= 11 is 0. The first-order chi connectivity index (χ1) is 13.2. The Bertz CT molecular complexity index is 853. The van der Waals surface area contributed by atoms with Gasteiger partial charge in [-0.05, 0) is 44.5 Å². The number of hydrogen-bond donors (Lipinski definition) is 0. The van der Waals surface area contributed by atoms with Crippen LogP contribution < -0.4 is 0 Å². The average Bonchev–Trinajstić information content (AvgIpc) is 3.10. The molecular weight excluding hydrogens is 382 g/mol. The molecule has 0 amide bonds. The predicted molar refractivity (Wildman–Crippen MR) is 89.3 cm³/mol. The highest BCUT2D eigenvalue weighted by Gasteiger charge is 2.35. The fraction of sp³-hybridized carbons (Fsp3) is 0.500. The van der Waals surface area contributed by atoms with E-state index in [9.17, 15) is 22.4 Å². The third kappa shape index (κ3) is 4.32. The number of rotatable bonds is 4. The van der Waals surface area contributed by atoms with E-state index in [1.54, 1.807) is 0 Å². The molecule has 2 aromatic rings. The number of esters is 1. The average molecular weight is 401 g/mol. The Morgan fingerprint density at radius 1 is 1.39 bits per heavy atom. The molecule has 0 radical (unpaired) electrons. The molecule has 0 bridgehead atoms. The maximum Gasteiger partial charge on any atom is 0.419 e. The molecule has 0 spiro atoms. The van der Waals surface area contributed by atoms with Gasteiger partial charge < -0.3 is 9.26 Å². The number of carbonyl (C=O) groups is 1. The molecule has 0 saturated carbocycles. The van der Waals surface area contributed by atoms with E-state index in [0.717, 1.165) is 12.1 Å². The lowest BCUT2D eigenvalue weighted by molar-refractivity contribution is -0.147. The van der Waals surface area contributed by atoms with E-state index in [0.29, 0.717) is 37.8 Å². The van der Waals surface area contributed by atoms with Gasteiger partial charge in [0.25, 0.3) is 5.89 Å². The molecule has 6 nitrogen and oxygen atoms in total. The second-order valence-corrected chi connectivity index (χ2v) is 6.77. The third-order valence-electron chi connectivity index (χ3n) is 4.88. The van der Waals surface area contributed by atoms with E-state index in [1.165, 1.54) is 7.11 Å². The van der Waals surface area contributed by atoms with Gasteiger partial charge in [-0.15, -0.1) is 0 Å². The summed E-state index contributed by atoms with van der Waals surface area (Å²) < 4.78 is 61.9. The normalized spacial score (nSPS) is 20.9. The maximum atomic E-state index is 13.4. The van der Waals surface area contributed by atoms with E-state index >= 15 is 0 Å². The van der Waals surface area contributed by atoms with Gasteiger partial charge >= 0.3 is 12.1 Å². The van der Waals surface area contributed by atoms with Crippen molar-refractivity contribution in [1.82, 2.24) is 15.0 Å². The standard InChI is InChI=1S/C18H19F4N3O3/c1-10-7-12(17(26)27-2)5-6-25(10)9-15-23-16(28-24-15)11-3-4-14(19)13(8-11)18(20,21)22/h3-4,8,10,12H,5-7,9H2,1-2H3. The maximum absolute atomic E-state index is 13.4. The Balaban J connectivity index is 1.71. The van der Waals surface area contributed by atoms with Crippen molar-refractivity contribution in [2.45, 2.75) is 38.5 Å². The number of likely N-dealkylation sites (tertiary alicyclic amines) is 1. The Morgan fingerprint density at radius 3 is 2.79 bits per heavy atom. The molecule has 2 heterocycles. The molecule has 0 N–H and O–H groups in total. The zero-order chi connectivity index (χ0) is 20.5. The second kappa shape index (κ2) is 7.86. The van der Waals surface area contributed by atoms with Crippen molar-refractivity contribution in [2.75, 3.05) is 13.7 Å². The van der Waals surface area contributed by atoms with Gasteiger partial charge in [-0.2, -0.15) is 18.2 Å². The van der Waals surface area contributed by atoms with Crippen LogP contribution in [0.4, 0.5) is 17.6 Å². The van der Waals surface area contributed by atoms with Crippen LogP contribution in [0.15, 0.2) is 22.7 Å². The molecule has 1 saturated heterocycles. The first-order valence-electron chi connectivity index (χ1n) is 8.70. The number of halogens is 4. The highest BCUT2D eigenvalue weighted by molar-refractivity contribution is 5.72. The number of ether oxygens (including phenoxy) is 1. The van der Waals surface area contributed by atoms with E-state index in [1.807, 2.05) is 6.92 Å². The number of methoxy groups -OCH3 is 1. The minimum Gasteiger partial charge on any atom is -0.469 e. The number of benzene rings is 1. The summed E-state index contributed by atoms with van der Waals surface area (Å²) in [6.07, 6.45) is -3.55. The quantitative estimate of drug-likeness (QED) is 0.575. The highest BCUT2D eigenvalue weighted by Crippen LogP contribution is 2.34. The van der Waals surface area contributed by atoms with Crippen molar-refractivity contribution < 1.29 is 31.6 Å². The van der Waals surface area contributed by atoms with Crippen LogP contribution in [0.3, 0.4) is 0 Å². The Kier molecular flexibility index (Phi) is 5.69. The minimum atomic E-state index is -4.82. The Labute approximate surface area is 158 Å². The van der Waals surface area contributed by atoms with Crippen LogP contribution in [0.25, 0.3) is 11.5 Å². The summed E-state index contributed by atoms with van der Waals surface area (Å²) in [7, 11) is 1.36. The number of carbonyl (C=O) groups excluding carboxylic acids is 1.